The van der Waals surface area contributed by atoms with Crippen LogP contribution in [0.2, 0.25) is 0 Å². The number of urea groups is 1. The molecule has 0 radical (unpaired) electrons. The van der Waals surface area contributed by atoms with Crippen LogP contribution in [-0.2, 0) is 4.79 Å². The SMILES string of the molecule is Cc1cc(Br)ccc1NC(=O)CNC(=O)Nc1cccc(F)c1. The zero-order chi connectivity index (χ0) is 16.8. The number of carbonyl (C=O) groups excluding carboxylic acids is 2. The Hall–Kier alpha value is -2.41. The maximum atomic E-state index is 13.0. The van der Waals surface area contributed by atoms with Crippen LogP contribution in [0.4, 0.5) is 20.6 Å². The number of carbonyl (C=O) groups is 2. The van der Waals surface area contributed by atoms with Gasteiger partial charge in [0.15, 0.2) is 0 Å². The summed E-state index contributed by atoms with van der Waals surface area (Å²) in [5, 5.41) is 7.56. The van der Waals surface area contributed by atoms with E-state index in [0.29, 0.717) is 11.4 Å². The van der Waals surface area contributed by atoms with Crippen molar-refractivity contribution < 1.29 is 14.0 Å². The van der Waals surface area contributed by atoms with E-state index in [2.05, 4.69) is 31.9 Å². The van der Waals surface area contributed by atoms with Crippen LogP contribution >= 0.6 is 15.9 Å². The molecular weight excluding hydrogens is 365 g/mol. The number of anilines is 2. The fraction of sp³-hybridized carbons (Fsp3) is 0.125. The molecule has 0 atom stereocenters. The monoisotopic (exact) mass is 379 g/mol. The van der Waals surface area contributed by atoms with Gasteiger partial charge >= 0.3 is 6.03 Å². The third kappa shape index (κ3) is 5.37. The number of hydrogen-bond donors (Lipinski definition) is 3. The molecule has 3 amide bonds. The van der Waals surface area contributed by atoms with E-state index in [9.17, 15) is 14.0 Å². The molecule has 0 aliphatic heterocycles. The summed E-state index contributed by atoms with van der Waals surface area (Å²) in [7, 11) is 0. The molecule has 2 rings (SSSR count). The maximum Gasteiger partial charge on any atom is 0.319 e. The smallest absolute Gasteiger partial charge is 0.319 e. The maximum absolute atomic E-state index is 13.0. The summed E-state index contributed by atoms with van der Waals surface area (Å²) in [5.41, 5.74) is 1.88. The molecule has 2 aromatic rings. The highest BCUT2D eigenvalue weighted by Gasteiger charge is 2.08. The van der Waals surface area contributed by atoms with Crippen LogP contribution in [0.1, 0.15) is 5.56 Å². The molecule has 5 nitrogen and oxygen atoms in total. The predicted molar refractivity (Wildman–Crippen MR) is 90.9 cm³/mol. The highest BCUT2D eigenvalue weighted by atomic mass is 79.9. The van der Waals surface area contributed by atoms with Gasteiger partial charge in [-0.2, -0.15) is 0 Å². The van der Waals surface area contributed by atoms with Crippen LogP contribution in [0, 0.1) is 12.7 Å². The van der Waals surface area contributed by atoms with E-state index in [1.165, 1.54) is 18.2 Å². The molecule has 0 bridgehead atoms. The number of aryl methyl sites for hydroxylation is 1. The summed E-state index contributed by atoms with van der Waals surface area (Å²) < 4.78 is 13.9. The Morgan fingerprint density at radius 2 is 1.91 bits per heavy atom. The highest BCUT2D eigenvalue weighted by Crippen LogP contribution is 2.19. The molecule has 0 saturated carbocycles. The van der Waals surface area contributed by atoms with Gasteiger partial charge in [0.1, 0.15) is 5.82 Å². The van der Waals surface area contributed by atoms with Crippen molar-refractivity contribution in [1.82, 2.24) is 5.32 Å². The predicted octanol–water partition coefficient (Wildman–Crippen LogP) is 3.66. The highest BCUT2D eigenvalue weighted by molar-refractivity contribution is 9.10. The van der Waals surface area contributed by atoms with Crippen molar-refractivity contribution in [3.8, 4) is 0 Å². The molecule has 120 valence electrons. The van der Waals surface area contributed by atoms with Gasteiger partial charge in [0.2, 0.25) is 5.91 Å². The van der Waals surface area contributed by atoms with E-state index in [4.69, 9.17) is 0 Å². The number of benzene rings is 2. The van der Waals surface area contributed by atoms with Crippen LogP contribution in [-0.4, -0.2) is 18.5 Å². The van der Waals surface area contributed by atoms with Crippen molar-refractivity contribution in [1.29, 1.82) is 0 Å². The Morgan fingerprint density at radius 3 is 2.61 bits per heavy atom. The topological polar surface area (TPSA) is 70.2 Å². The molecule has 23 heavy (non-hydrogen) atoms. The normalized spacial score (nSPS) is 10.0. The summed E-state index contributed by atoms with van der Waals surface area (Å²) in [6.07, 6.45) is 0. The van der Waals surface area contributed by atoms with Crippen molar-refractivity contribution in [2.75, 3.05) is 17.2 Å². The molecule has 7 heteroatoms. The number of hydrogen-bond acceptors (Lipinski definition) is 2. The minimum absolute atomic E-state index is 0.198. The van der Waals surface area contributed by atoms with Crippen LogP contribution in [0.15, 0.2) is 46.9 Å². The molecule has 0 fully saturated rings. The quantitative estimate of drug-likeness (QED) is 0.758. The molecule has 0 aromatic heterocycles. The van der Waals surface area contributed by atoms with Gasteiger partial charge in [0.05, 0.1) is 6.54 Å². The fourth-order valence-electron chi connectivity index (χ4n) is 1.86. The van der Waals surface area contributed by atoms with Crippen molar-refractivity contribution >= 4 is 39.2 Å². The lowest BCUT2D eigenvalue weighted by atomic mass is 10.2. The number of halogens is 2. The first-order valence-electron chi connectivity index (χ1n) is 6.80. The summed E-state index contributed by atoms with van der Waals surface area (Å²) in [5.74, 6) is -0.809. The zero-order valence-corrected chi connectivity index (χ0v) is 13.9. The lowest BCUT2D eigenvalue weighted by Crippen LogP contribution is -2.35. The fourth-order valence-corrected chi connectivity index (χ4v) is 2.34. The number of amides is 3. The minimum atomic E-state index is -0.585. The van der Waals surface area contributed by atoms with Gasteiger partial charge < -0.3 is 16.0 Å². The van der Waals surface area contributed by atoms with Gasteiger partial charge in [-0.05, 0) is 48.9 Å². The lowest BCUT2D eigenvalue weighted by Gasteiger charge is -2.10. The van der Waals surface area contributed by atoms with Crippen LogP contribution in [0.3, 0.4) is 0 Å². The third-order valence-corrected chi connectivity index (χ3v) is 3.45. The second-order valence-electron chi connectivity index (χ2n) is 4.83. The molecule has 0 aliphatic carbocycles. The first-order chi connectivity index (χ1) is 10.9. The summed E-state index contributed by atoms with van der Waals surface area (Å²) in [4.78, 5) is 23.5. The molecule has 0 heterocycles. The van der Waals surface area contributed by atoms with Crippen LogP contribution in [0.5, 0.6) is 0 Å². The first-order valence-corrected chi connectivity index (χ1v) is 7.60. The van der Waals surface area contributed by atoms with Gasteiger partial charge in [-0.3, -0.25) is 4.79 Å². The molecular formula is C16H15BrFN3O2. The minimum Gasteiger partial charge on any atom is -0.329 e. The van der Waals surface area contributed by atoms with Crippen LogP contribution < -0.4 is 16.0 Å². The van der Waals surface area contributed by atoms with E-state index in [1.807, 2.05) is 19.1 Å². The molecule has 0 saturated heterocycles. The lowest BCUT2D eigenvalue weighted by molar-refractivity contribution is -0.115. The van der Waals surface area contributed by atoms with Gasteiger partial charge in [0.25, 0.3) is 0 Å². The second kappa shape index (κ2) is 7.73. The van der Waals surface area contributed by atoms with Gasteiger partial charge in [-0.25, -0.2) is 9.18 Å². The Balaban J connectivity index is 1.83. The standard InChI is InChI=1S/C16H15BrFN3O2/c1-10-7-11(17)5-6-14(10)21-15(22)9-19-16(23)20-13-4-2-3-12(18)8-13/h2-8H,9H2,1H3,(H,21,22)(H2,19,20,23). The van der Waals surface area contributed by atoms with E-state index in [1.54, 1.807) is 12.1 Å². The number of nitrogens with one attached hydrogen (secondary N) is 3. The Morgan fingerprint density at radius 1 is 1.13 bits per heavy atom. The van der Waals surface area contributed by atoms with Crippen molar-refractivity contribution in [3.63, 3.8) is 0 Å². The van der Waals surface area contributed by atoms with Crippen molar-refractivity contribution in [2.45, 2.75) is 6.92 Å². The number of rotatable bonds is 4. The third-order valence-electron chi connectivity index (χ3n) is 2.95. The molecule has 2 aromatic carbocycles. The molecule has 0 unspecified atom stereocenters. The van der Waals surface area contributed by atoms with Gasteiger partial charge in [-0.15, -0.1) is 0 Å². The van der Waals surface area contributed by atoms with Gasteiger partial charge in [0, 0.05) is 15.8 Å². The first kappa shape index (κ1) is 17.0. The van der Waals surface area contributed by atoms with E-state index >= 15 is 0 Å². The van der Waals surface area contributed by atoms with Gasteiger partial charge in [-0.1, -0.05) is 22.0 Å². The second-order valence-corrected chi connectivity index (χ2v) is 5.74. The van der Waals surface area contributed by atoms with Crippen molar-refractivity contribution in [2.24, 2.45) is 0 Å². The Kier molecular flexibility index (Phi) is 5.70. The largest absolute Gasteiger partial charge is 0.329 e. The zero-order valence-electron chi connectivity index (χ0n) is 12.3. The molecule has 0 aliphatic rings. The molecule has 0 spiro atoms. The average Bonchev–Trinajstić information content (AvgIpc) is 2.48. The summed E-state index contributed by atoms with van der Waals surface area (Å²) in [6, 6.07) is 10.4. The Labute approximate surface area is 141 Å². The van der Waals surface area contributed by atoms with E-state index in [-0.39, 0.29) is 12.5 Å². The summed E-state index contributed by atoms with van der Waals surface area (Å²) in [6.45, 7) is 1.67. The average molecular weight is 380 g/mol. The van der Waals surface area contributed by atoms with Crippen molar-refractivity contribution in [3.05, 3.63) is 58.3 Å². The van der Waals surface area contributed by atoms with E-state index in [0.717, 1.165) is 10.0 Å². The molecule has 3 N–H and O–H groups in total. The summed E-state index contributed by atoms with van der Waals surface area (Å²) >= 11 is 3.34. The Bertz CT molecular complexity index is 737. The van der Waals surface area contributed by atoms with E-state index < -0.39 is 11.8 Å². The van der Waals surface area contributed by atoms with Crippen LogP contribution in [0.25, 0.3) is 0 Å².